The fraction of sp³-hybridized carbons (Fsp3) is 0.429. The average molecular weight is 294 g/mol. The molecule has 0 radical (unpaired) electrons. The number of benzene rings is 1. The van der Waals surface area contributed by atoms with Gasteiger partial charge in [0.15, 0.2) is 0 Å². The summed E-state index contributed by atoms with van der Waals surface area (Å²) in [4.78, 5) is 16.0. The lowest BCUT2D eigenvalue weighted by Crippen LogP contribution is -2.33. The summed E-state index contributed by atoms with van der Waals surface area (Å²) >= 11 is 0. The number of methoxy groups -OCH3 is 1. The summed E-state index contributed by atoms with van der Waals surface area (Å²) in [5, 5.41) is 2.78. The first-order valence-corrected chi connectivity index (χ1v) is 7.00. The van der Waals surface area contributed by atoms with E-state index in [1.807, 2.05) is 31.2 Å². The highest BCUT2D eigenvalue weighted by Crippen LogP contribution is 2.22. The van der Waals surface area contributed by atoms with Crippen molar-refractivity contribution in [2.45, 2.75) is 25.5 Å². The number of aliphatic imine (C=N–C) groups is 1. The van der Waals surface area contributed by atoms with Crippen molar-refractivity contribution in [2.75, 3.05) is 13.7 Å². The SMILES string of the molecule is COc1ccc(COC(P)=N[C@@]2(C)CCNC2=O)cc1. The van der Waals surface area contributed by atoms with E-state index in [-0.39, 0.29) is 5.91 Å². The molecule has 0 bridgehead atoms. The van der Waals surface area contributed by atoms with Gasteiger partial charge in [0, 0.05) is 6.54 Å². The molecule has 1 unspecified atom stereocenters. The Balaban J connectivity index is 1.94. The second kappa shape index (κ2) is 6.23. The average Bonchev–Trinajstić information content (AvgIpc) is 2.76. The number of hydrogen-bond acceptors (Lipinski definition) is 4. The minimum atomic E-state index is -0.711. The monoisotopic (exact) mass is 294 g/mol. The molecule has 1 fully saturated rings. The van der Waals surface area contributed by atoms with E-state index in [1.54, 1.807) is 7.11 Å². The van der Waals surface area contributed by atoms with Gasteiger partial charge in [0.2, 0.25) is 11.5 Å². The van der Waals surface area contributed by atoms with E-state index in [0.29, 0.717) is 25.2 Å². The molecule has 1 N–H and O–H groups in total. The molecule has 20 heavy (non-hydrogen) atoms. The van der Waals surface area contributed by atoms with Crippen molar-refractivity contribution in [3.63, 3.8) is 0 Å². The molecule has 2 rings (SSSR count). The molecule has 1 saturated heterocycles. The molecule has 1 aliphatic rings. The lowest BCUT2D eigenvalue weighted by Gasteiger charge is -2.16. The Morgan fingerprint density at radius 2 is 2.15 bits per heavy atom. The number of carbonyl (C=O) groups excluding carboxylic acids is 1. The van der Waals surface area contributed by atoms with Crippen molar-refractivity contribution in [3.05, 3.63) is 29.8 Å². The van der Waals surface area contributed by atoms with Crippen LogP contribution in [-0.4, -0.2) is 30.7 Å². The minimum Gasteiger partial charge on any atom is -0.497 e. The van der Waals surface area contributed by atoms with Crippen LogP contribution < -0.4 is 10.1 Å². The number of ether oxygens (including phenoxy) is 2. The van der Waals surface area contributed by atoms with E-state index in [1.165, 1.54) is 0 Å². The largest absolute Gasteiger partial charge is 0.497 e. The molecule has 1 heterocycles. The number of nitrogens with one attached hydrogen (secondary N) is 1. The second-order valence-electron chi connectivity index (χ2n) is 4.87. The van der Waals surface area contributed by atoms with Gasteiger partial charge in [0.25, 0.3) is 0 Å². The first kappa shape index (κ1) is 14.8. The fourth-order valence-corrected chi connectivity index (χ4v) is 2.35. The summed E-state index contributed by atoms with van der Waals surface area (Å²) in [6.45, 7) is 2.88. The van der Waals surface area contributed by atoms with Gasteiger partial charge in [-0.25, -0.2) is 4.99 Å². The maximum atomic E-state index is 11.7. The van der Waals surface area contributed by atoms with Crippen LogP contribution >= 0.6 is 9.24 Å². The summed E-state index contributed by atoms with van der Waals surface area (Å²) in [7, 11) is 4.07. The highest BCUT2D eigenvalue weighted by atomic mass is 31.0. The van der Waals surface area contributed by atoms with Crippen LogP contribution in [0.4, 0.5) is 0 Å². The van der Waals surface area contributed by atoms with E-state index in [2.05, 4.69) is 19.5 Å². The van der Waals surface area contributed by atoms with Gasteiger partial charge in [-0.3, -0.25) is 4.79 Å². The molecule has 0 saturated carbocycles. The number of rotatable bonds is 4. The normalized spacial score (nSPS) is 22.6. The van der Waals surface area contributed by atoms with Crippen molar-refractivity contribution < 1.29 is 14.3 Å². The highest BCUT2D eigenvalue weighted by Gasteiger charge is 2.37. The third-order valence-corrected chi connectivity index (χ3v) is 3.59. The Hall–Kier alpha value is -1.61. The standard InChI is InChI=1S/C14H19N2O3P/c1-14(7-8-15-12(14)17)16-13(20)19-9-10-3-5-11(18-2)6-4-10/h3-6H,7-9,20H2,1-2H3,(H,15,17)/t14-/m0/s1. The first-order valence-electron chi connectivity index (χ1n) is 6.43. The fourth-order valence-electron chi connectivity index (χ4n) is 1.98. The van der Waals surface area contributed by atoms with Crippen molar-refractivity contribution in [3.8, 4) is 5.75 Å². The van der Waals surface area contributed by atoms with Gasteiger partial charge in [-0.2, -0.15) is 0 Å². The van der Waals surface area contributed by atoms with Crippen molar-refractivity contribution in [1.82, 2.24) is 5.32 Å². The maximum absolute atomic E-state index is 11.7. The summed E-state index contributed by atoms with van der Waals surface area (Å²) in [6, 6.07) is 7.62. The van der Waals surface area contributed by atoms with Crippen LogP contribution in [0.25, 0.3) is 0 Å². The second-order valence-corrected chi connectivity index (χ2v) is 5.36. The third-order valence-electron chi connectivity index (χ3n) is 3.29. The van der Waals surface area contributed by atoms with Crippen LogP contribution in [0.3, 0.4) is 0 Å². The Morgan fingerprint density at radius 3 is 2.70 bits per heavy atom. The van der Waals surface area contributed by atoms with Gasteiger partial charge >= 0.3 is 0 Å². The quantitative estimate of drug-likeness (QED) is 0.522. The first-order chi connectivity index (χ1) is 9.53. The van der Waals surface area contributed by atoms with Crippen LogP contribution in [0.1, 0.15) is 18.9 Å². The molecule has 0 spiro atoms. The van der Waals surface area contributed by atoms with Crippen molar-refractivity contribution in [1.29, 1.82) is 0 Å². The van der Waals surface area contributed by atoms with E-state index in [0.717, 1.165) is 11.3 Å². The Bertz CT molecular complexity index is 516. The predicted molar refractivity (Wildman–Crippen MR) is 81.0 cm³/mol. The predicted octanol–water partition coefficient (Wildman–Crippen LogP) is 1.72. The highest BCUT2D eigenvalue weighted by molar-refractivity contribution is 7.39. The van der Waals surface area contributed by atoms with E-state index >= 15 is 0 Å². The van der Waals surface area contributed by atoms with Crippen LogP contribution in [0.2, 0.25) is 0 Å². The summed E-state index contributed by atoms with van der Waals surface area (Å²) in [5.74, 6) is 0.758. The van der Waals surface area contributed by atoms with Gasteiger partial charge in [0.1, 0.15) is 17.9 Å². The van der Waals surface area contributed by atoms with Gasteiger partial charge in [-0.05, 0) is 40.3 Å². The number of nitrogens with zero attached hydrogens (tertiary/aromatic N) is 1. The smallest absolute Gasteiger partial charge is 0.247 e. The molecule has 2 atom stereocenters. The molecule has 108 valence electrons. The van der Waals surface area contributed by atoms with Crippen LogP contribution in [0.15, 0.2) is 29.3 Å². The zero-order valence-corrected chi connectivity index (χ0v) is 12.8. The third kappa shape index (κ3) is 3.48. The van der Waals surface area contributed by atoms with E-state index < -0.39 is 5.54 Å². The lowest BCUT2D eigenvalue weighted by molar-refractivity contribution is -0.123. The van der Waals surface area contributed by atoms with Crippen LogP contribution in [0.5, 0.6) is 5.75 Å². The maximum Gasteiger partial charge on any atom is 0.247 e. The summed E-state index contributed by atoms with van der Waals surface area (Å²) in [5.41, 5.74) is 0.749. The molecule has 5 nitrogen and oxygen atoms in total. The minimum absolute atomic E-state index is 0.0505. The molecule has 1 aromatic carbocycles. The lowest BCUT2D eigenvalue weighted by atomic mass is 10.0. The summed E-state index contributed by atoms with van der Waals surface area (Å²) < 4.78 is 10.7. The number of amides is 1. The molecule has 0 aromatic heterocycles. The van der Waals surface area contributed by atoms with Crippen LogP contribution in [-0.2, 0) is 16.1 Å². The zero-order chi connectivity index (χ0) is 14.6. The molecular weight excluding hydrogens is 275 g/mol. The molecule has 1 amide bonds. The molecule has 1 aliphatic heterocycles. The van der Waals surface area contributed by atoms with Gasteiger partial charge in [0.05, 0.1) is 7.11 Å². The molecule has 6 heteroatoms. The molecular formula is C14H19N2O3P. The topological polar surface area (TPSA) is 59.9 Å². The number of hydrogen-bond donors (Lipinski definition) is 1. The number of carbonyl (C=O) groups is 1. The Morgan fingerprint density at radius 1 is 1.45 bits per heavy atom. The van der Waals surface area contributed by atoms with E-state index in [9.17, 15) is 4.79 Å². The summed E-state index contributed by atoms with van der Waals surface area (Å²) in [6.07, 6.45) is 0.690. The molecule has 0 aliphatic carbocycles. The van der Waals surface area contributed by atoms with Crippen LogP contribution in [0, 0.1) is 0 Å². The Kier molecular flexibility index (Phi) is 4.61. The van der Waals surface area contributed by atoms with Crippen molar-refractivity contribution >= 4 is 20.8 Å². The van der Waals surface area contributed by atoms with Crippen molar-refractivity contribution in [2.24, 2.45) is 4.99 Å². The Labute approximate surface area is 121 Å². The molecule has 1 aromatic rings. The van der Waals surface area contributed by atoms with Gasteiger partial charge in [-0.1, -0.05) is 12.1 Å². The van der Waals surface area contributed by atoms with E-state index in [4.69, 9.17) is 9.47 Å². The zero-order valence-electron chi connectivity index (χ0n) is 11.7. The van der Waals surface area contributed by atoms with Gasteiger partial charge < -0.3 is 14.8 Å². The van der Waals surface area contributed by atoms with Gasteiger partial charge in [-0.15, -0.1) is 0 Å².